The number of nitrogens with one attached hydrogen (secondary N) is 2. The summed E-state index contributed by atoms with van der Waals surface area (Å²) in [4.78, 5) is 41.8. The second-order valence-corrected chi connectivity index (χ2v) is 11.2. The second-order valence-electron chi connectivity index (χ2n) is 11.2. The number of benzene rings is 1. The summed E-state index contributed by atoms with van der Waals surface area (Å²) in [7, 11) is 0. The number of aliphatic hydroxyl groups excluding tert-OH is 1. The largest absolute Gasteiger partial charge is 0.444 e. The minimum Gasteiger partial charge on any atom is -0.444 e. The van der Waals surface area contributed by atoms with Gasteiger partial charge in [0.2, 0.25) is 11.8 Å². The fourth-order valence-corrected chi connectivity index (χ4v) is 4.82. The van der Waals surface area contributed by atoms with Crippen molar-refractivity contribution in [3.05, 3.63) is 34.9 Å². The molecule has 0 aliphatic heterocycles. The number of amides is 3. The van der Waals surface area contributed by atoms with Gasteiger partial charge < -0.3 is 25.4 Å². The minimum atomic E-state index is -0.936. The molecule has 202 valence electrons. The normalized spacial score (nSPS) is 16.2. The van der Waals surface area contributed by atoms with Crippen LogP contribution in [-0.4, -0.2) is 58.8 Å². The van der Waals surface area contributed by atoms with Crippen molar-refractivity contribution in [3.63, 3.8) is 0 Å². The Hall–Kier alpha value is -2.61. The number of rotatable bonds is 9. The highest BCUT2D eigenvalue weighted by Crippen LogP contribution is 2.30. The third-order valence-electron chi connectivity index (χ3n) is 6.56. The van der Waals surface area contributed by atoms with Crippen LogP contribution in [0.3, 0.4) is 0 Å². The molecule has 1 fully saturated rings. The molecule has 1 aromatic carbocycles. The van der Waals surface area contributed by atoms with Gasteiger partial charge in [0, 0.05) is 12.6 Å². The van der Waals surface area contributed by atoms with Crippen LogP contribution in [0.2, 0.25) is 0 Å². The minimum absolute atomic E-state index is 0.0470. The van der Waals surface area contributed by atoms with E-state index < -0.39 is 29.7 Å². The number of ether oxygens (including phenoxy) is 1. The Morgan fingerprint density at radius 1 is 1.08 bits per heavy atom. The van der Waals surface area contributed by atoms with E-state index in [1.54, 1.807) is 20.8 Å². The summed E-state index contributed by atoms with van der Waals surface area (Å²) < 4.78 is 5.39. The predicted molar refractivity (Wildman–Crippen MR) is 140 cm³/mol. The Labute approximate surface area is 216 Å². The molecule has 2 rings (SSSR count). The van der Waals surface area contributed by atoms with Gasteiger partial charge in [0.25, 0.3) is 0 Å². The van der Waals surface area contributed by atoms with Gasteiger partial charge >= 0.3 is 6.09 Å². The van der Waals surface area contributed by atoms with E-state index in [9.17, 15) is 19.5 Å². The monoisotopic (exact) mass is 503 g/mol. The molecule has 1 aliphatic rings. The highest BCUT2D eigenvalue weighted by Gasteiger charge is 2.39. The summed E-state index contributed by atoms with van der Waals surface area (Å²) >= 11 is 0. The van der Waals surface area contributed by atoms with E-state index in [0.717, 1.165) is 48.8 Å². The molecular formula is C28H45N3O5. The lowest BCUT2D eigenvalue weighted by Crippen LogP contribution is -2.56. The number of aliphatic hydroxyl groups is 1. The van der Waals surface area contributed by atoms with Gasteiger partial charge in [-0.05, 0) is 70.1 Å². The van der Waals surface area contributed by atoms with Crippen molar-refractivity contribution < 1.29 is 24.2 Å². The first-order valence-electron chi connectivity index (χ1n) is 13.1. The summed E-state index contributed by atoms with van der Waals surface area (Å²) in [5.41, 5.74) is 1.79. The van der Waals surface area contributed by atoms with Crippen molar-refractivity contribution in [2.45, 2.75) is 104 Å². The molecule has 2 atom stereocenters. The van der Waals surface area contributed by atoms with Crippen molar-refractivity contribution >= 4 is 17.9 Å². The fourth-order valence-electron chi connectivity index (χ4n) is 4.82. The van der Waals surface area contributed by atoms with E-state index in [4.69, 9.17) is 4.74 Å². The van der Waals surface area contributed by atoms with Crippen LogP contribution in [0.15, 0.2) is 18.2 Å². The molecule has 0 saturated heterocycles. The Bertz CT molecular complexity index is 883. The summed E-state index contributed by atoms with van der Waals surface area (Å²) in [5, 5.41) is 15.8. The van der Waals surface area contributed by atoms with Gasteiger partial charge in [-0.3, -0.25) is 9.59 Å². The highest BCUT2D eigenvalue weighted by molar-refractivity contribution is 5.92. The maximum absolute atomic E-state index is 14.0. The lowest BCUT2D eigenvalue weighted by molar-refractivity contribution is -0.144. The quantitative estimate of drug-likeness (QED) is 0.469. The summed E-state index contributed by atoms with van der Waals surface area (Å²) in [6, 6.07) is 3.96. The second kappa shape index (κ2) is 13.1. The summed E-state index contributed by atoms with van der Waals surface area (Å²) in [5.74, 6) is -0.969. The Balaban J connectivity index is 2.48. The number of aryl methyl sites for hydroxylation is 2. The Kier molecular flexibility index (Phi) is 10.8. The van der Waals surface area contributed by atoms with Crippen LogP contribution >= 0.6 is 0 Å². The zero-order valence-corrected chi connectivity index (χ0v) is 23.0. The van der Waals surface area contributed by atoms with Crippen molar-refractivity contribution in [1.29, 1.82) is 0 Å². The van der Waals surface area contributed by atoms with Crippen LogP contribution in [0.25, 0.3) is 0 Å². The first kappa shape index (κ1) is 29.6. The lowest BCUT2D eigenvalue weighted by atomic mass is 9.91. The van der Waals surface area contributed by atoms with Gasteiger partial charge in [-0.25, -0.2) is 4.79 Å². The molecule has 8 nitrogen and oxygen atoms in total. The topological polar surface area (TPSA) is 108 Å². The van der Waals surface area contributed by atoms with E-state index in [1.807, 2.05) is 45.9 Å². The van der Waals surface area contributed by atoms with Gasteiger partial charge in [0.05, 0.1) is 6.61 Å². The van der Waals surface area contributed by atoms with Crippen molar-refractivity contribution in [3.8, 4) is 0 Å². The van der Waals surface area contributed by atoms with Crippen molar-refractivity contribution in [2.24, 2.45) is 5.92 Å². The standard InChI is InChI=1S/C28H45N3O5/c1-18(2)23(30-27(35)36-28(5,6)7)26(34)31(16-17-32)24(22-19(3)12-11-13-20(22)4)25(33)29-21-14-9-8-10-15-21/h11-13,18,21,23-24,32H,8-10,14-17H2,1-7H3,(H,29,33)(H,30,35). The van der Waals surface area contributed by atoms with Crippen molar-refractivity contribution in [1.82, 2.24) is 15.5 Å². The van der Waals surface area contributed by atoms with E-state index in [1.165, 1.54) is 4.90 Å². The number of hydrogen-bond acceptors (Lipinski definition) is 5. The molecular weight excluding hydrogens is 458 g/mol. The molecule has 0 radical (unpaired) electrons. The molecule has 1 aromatic rings. The predicted octanol–water partition coefficient (Wildman–Crippen LogP) is 4.16. The highest BCUT2D eigenvalue weighted by atomic mass is 16.6. The molecule has 1 aliphatic carbocycles. The van der Waals surface area contributed by atoms with Gasteiger partial charge in [-0.2, -0.15) is 0 Å². The fraction of sp³-hybridized carbons (Fsp3) is 0.679. The van der Waals surface area contributed by atoms with E-state index >= 15 is 0 Å². The number of alkyl carbamates (subject to hydrolysis) is 1. The number of carbonyl (C=O) groups excluding carboxylic acids is 3. The molecule has 0 aromatic heterocycles. The number of hydrogen-bond donors (Lipinski definition) is 3. The Morgan fingerprint density at radius 3 is 2.17 bits per heavy atom. The van der Waals surface area contributed by atoms with Gasteiger partial charge in [-0.1, -0.05) is 51.3 Å². The van der Waals surface area contributed by atoms with Gasteiger partial charge in [-0.15, -0.1) is 0 Å². The average Bonchev–Trinajstić information content (AvgIpc) is 2.77. The molecule has 0 heterocycles. The van der Waals surface area contributed by atoms with E-state index in [-0.39, 0.29) is 31.0 Å². The first-order valence-corrected chi connectivity index (χ1v) is 13.1. The van der Waals surface area contributed by atoms with E-state index in [0.29, 0.717) is 0 Å². The molecule has 3 amide bonds. The molecule has 1 saturated carbocycles. The Morgan fingerprint density at radius 2 is 1.67 bits per heavy atom. The molecule has 0 bridgehead atoms. The van der Waals surface area contributed by atoms with Gasteiger partial charge in [0.15, 0.2) is 0 Å². The average molecular weight is 504 g/mol. The van der Waals surface area contributed by atoms with Crippen molar-refractivity contribution in [2.75, 3.05) is 13.2 Å². The zero-order chi connectivity index (χ0) is 27.0. The van der Waals surface area contributed by atoms with Gasteiger partial charge in [0.1, 0.15) is 17.7 Å². The molecule has 3 N–H and O–H groups in total. The maximum Gasteiger partial charge on any atom is 0.408 e. The molecule has 2 unspecified atom stereocenters. The van der Waals surface area contributed by atoms with Crippen LogP contribution in [-0.2, 0) is 14.3 Å². The number of carbonyl (C=O) groups is 3. The smallest absolute Gasteiger partial charge is 0.408 e. The molecule has 36 heavy (non-hydrogen) atoms. The van der Waals surface area contributed by atoms with Crippen LogP contribution < -0.4 is 10.6 Å². The molecule has 0 spiro atoms. The lowest BCUT2D eigenvalue weighted by Gasteiger charge is -2.37. The van der Waals surface area contributed by atoms with E-state index in [2.05, 4.69) is 10.6 Å². The number of nitrogens with zero attached hydrogens (tertiary/aromatic N) is 1. The van der Waals surface area contributed by atoms with Crippen LogP contribution in [0.1, 0.15) is 89.5 Å². The first-order chi connectivity index (χ1) is 16.9. The van der Waals surface area contributed by atoms with Crippen LogP contribution in [0.5, 0.6) is 0 Å². The molecule has 8 heteroatoms. The summed E-state index contributed by atoms with van der Waals surface area (Å²) in [6.45, 7) is 12.4. The third kappa shape index (κ3) is 8.22. The zero-order valence-electron chi connectivity index (χ0n) is 23.0. The van der Waals surface area contributed by atoms with Crippen LogP contribution in [0.4, 0.5) is 4.79 Å². The SMILES string of the molecule is Cc1cccc(C)c1C(C(=O)NC1CCCCC1)N(CCO)C(=O)C(NC(=O)OC(C)(C)C)C(C)C. The summed E-state index contributed by atoms with van der Waals surface area (Å²) in [6.07, 6.45) is 4.41. The maximum atomic E-state index is 14.0. The third-order valence-corrected chi connectivity index (χ3v) is 6.56. The van der Waals surface area contributed by atoms with Crippen LogP contribution in [0, 0.1) is 19.8 Å².